The van der Waals surface area contributed by atoms with Crippen molar-refractivity contribution in [3.8, 4) is 10.6 Å². The van der Waals surface area contributed by atoms with Gasteiger partial charge in [-0.2, -0.15) is 0 Å². The number of aryl methyl sites for hydroxylation is 1. The van der Waals surface area contributed by atoms with E-state index in [1.807, 2.05) is 0 Å². The number of esters is 1. The van der Waals surface area contributed by atoms with Gasteiger partial charge in [0.25, 0.3) is 10.0 Å². The Hall–Kier alpha value is -2.65. The zero-order valence-corrected chi connectivity index (χ0v) is 15.7. The van der Waals surface area contributed by atoms with E-state index in [1.165, 1.54) is 30.3 Å². The van der Waals surface area contributed by atoms with Gasteiger partial charge in [-0.25, -0.2) is 13.2 Å². The second-order valence-corrected chi connectivity index (χ2v) is 8.35. The molecule has 2 aromatic heterocycles. The molecule has 0 aliphatic carbocycles. The standard InChI is InChI=1S/C17H16N2O5S2/c1-3-23-17(20)12-4-6-13(7-5-12)19-26(21,22)16-9-8-15(25-16)14-10-11(2)18-24-14/h4-10,19H,3H2,1-2H3. The highest BCUT2D eigenvalue weighted by molar-refractivity contribution is 7.94. The van der Waals surface area contributed by atoms with E-state index in [2.05, 4.69) is 9.88 Å². The van der Waals surface area contributed by atoms with Crippen LogP contribution in [-0.4, -0.2) is 26.2 Å². The number of aromatic nitrogens is 1. The lowest BCUT2D eigenvalue weighted by Gasteiger charge is -2.07. The van der Waals surface area contributed by atoms with Crippen molar-refractivity contribution in [2.24, 2.45) is 0 Å². The van der Waals surface area contributed by atoms with Crippen LogP contribution >= 0.6 is 11.3 Å². The maximum absolute atomic E-state index is 12.5. The van der Waals surface area contributed by atoms with Gasteiger partial charge < -0.3 is 9.26 Å². The molecule has 0 aliphatic heterocycles. The van der Waals surface area contributed by atoms with Crippen LogP contribution in [0.5, 0.6) is 0 Å². The van der Waals surface area contributed by atoms with Crippen molar-refractivity contribution in [1.29, 1.82) is 0 Å². The summed E-state index contributed by atoms with van der Waals surface area (Å²) < 4.78 is 37.8. The molecular weight excluding hydrogens is 376 g/mol. The molecule has 1 aromatic carbocycles. The SMILES string of the molecule is CCOC(=O)c1ccc(NS(=O)(=O)c2ccc(-c3cc(C)no3)s2)cc1. The molecule has 136 valence electrons. The summed E-state index contributed by atoms with van der Waals surface area (Å²) in [6.45, 7) is 3.79. The van der Waals surface area contributed by atoms with Gasteiger partial charge in [0.2, 0.25) is 0 Å². The van der Waals surface area contributed by atoms with Crippen LogP contribution < -0.4 is 4.72 Å². The van der Waals surface area contributed by atoms with E-state index < -0.39 is 16.0 Å². The van der Waals surface area contributed by atoms with Gasteiger partial charge in [0.15, 0.2) is 5.76 Å². The minimum Gasteiger partial charge on any atom is -0.462 e. The molecule has 9 heteroatoms. The Morgan fingerprint density at radius 3 is 2.58 bits per heavy atom. The number of anilines is 1. The smallest absolute Gasteiger partial charge is 0.338 e. The highest BCUT2D eigenvalue weighted by Crippen LogP contribution is 2.32. The first-order valence-electron chi connectivity index (χ1n) is 7.72. The van der Waals surface area contributed by atoms with Gasteiger partial charge in [-0.15, -0.1) is 11.3 Å². The molecule has 0 saturated heterocycles. The Balaban J connectivity index is 1.77. The van der Waals surface area contributed by atoms with Crippen LogP contribution in [0.2, 0.25) is 0 Å². The van der Waals surface area contributed by atoms with Crippen LogP contribution in [0.15, 0.2) is 51.2 Å². The number of hydrogen-bond donors (Lipinski definition) is 1. The molecule has 0 saturated carbocycles. The Bertz CT molecular complexity index is 1020. The summed E-state index contributed by atoms with van der Waals surface area (Å²) in [7, 11) is -3.75. The zero-order valence-electron chi connectivity index (χ0n) is 14.1. The normalized spacial score (nSPS) is 11.3. The van der Waals surface area contributed by atoms with E-state index in [4.69, 9.17) is 9.26 Å². The van der Waals surface area contributed by atoms with Crippen molar-refractivity contribution in [3.05, 3.63) is 53.7 Å². The average Bonchev–Trinajstić information content (AvgIpc) is 3.24. The number of nitrogens with one attached hydrogen (secondary N) is 1. The molecule has 0 unspecified atom stereocenters. The number of sulfonamides is 1. The first-order chi connectivity index (χ1) is 12.4. The first kappa shape index (κ1) is 18.2. The molecule has 0 spiro atoms. The number of carbonyl (C=O) groups excluding carboxylic acids is 1. The van der Waals surface area contributed by atoms with Crippen molar-refractivity contribution >= 4 is 33.0 Å². The number of rotatable bonds is 6. The second-order valence-electron chi connectivity index (χ2n) is 5.35. The number of ether oxygens (including phenoxy) is 1. The molecule has 0 bridgehead atoms. The fourth-order valence-electron chi connectivity index (χ4n) is 2.17. The van der Waals surface area contributed by atoms with Crippen LogP contribution in [0.25, 0.3) is 10.6 Å². The van der Waals surface area contributed by atoms with Crippen LogP contribution in [0, 0.1) is 6.92 Å². The van der Waals surface area contributed by atoms with E-state index in [1.54, 1.807) is 26.0 Å². The molecule has 0 aliphatic rings. The van der Waals surface area contributed by atoms with E-state index in [-0.39, 0.29) is 10.8 Å². The van der Waals surface area contributed by atoms with Crippen molar-refractivity contribution in [2.75, 3.05) is 11.3 Å². The summed E-state index contributed by atoms with van der Waals surface area (Å²) >= 11 is 1.08. The molecule has 0 atom stereocenters. The first-order valence-corrected chi connectivity index (χ1v) is 10.0. The molecular formula is C17H16N2O5S2. The molecule has 3 rings (SSSR count). The van der Waals surface area contributed by atoms with Crippen LogP contribution in [0.3, 0.4) is 0 Å². The number of hydrogen-bond acceptors (Lipinski definition) is 7. The maximum Gasteiger partial charge on any atom is 0.338 e. The molecule has 0 radical (unpaired) electrons. The summed E-state index contributed by atoms with van der Waals surface area (Å²) in [5.41, 5.74) is 1.43. The lowest BCUT2D eigenvalue weighted by Crippen LogP contribution is -2.11. The van der Waals surface area contributed by atoms with Crippen molar-refractivity contribution in [3.63, 3.8) is 0 Å². The molecule has 0 fully saturated rings. The topological polar surface area (TPSA) is 98.5 Å². The molecule has 1 N–H and O–H groups in total. The van der Waals surface area contributed by atoms with Crippen molar-refractivity contribution < 1.29 is 22.5 Å². The molecule has 0 amide bonds. The predicted molar refractivity (Wildman–Crippen MR) is 97.8 cm³/mol. The number of carbonyl (C=O) groups is 1. The molecule has 26 heavy (non-hydrogen) atoms. The van der Waals surface area contributed by atoms with Gasteiger partial charge in [-0.1, -0.05) is 5.16 Å². The lowest BCUT2D eigenvalue weighted by atomic mass is 10.2. The Labute approximate surface area is 154 Å². The third-order valence-electron chi connectivity index (χ3n) is 3.37. The quantitative estimate of drug-likeness (QED) is 0.643. The summed E-state index contributed by atoms with van der Waals surface area (Å²) in [4.78, 5) is 12.3. The highest BCUT2D eigenvalue weighted by Gasteiger charge is 2.19. The van der Waals surface area contributed by atoms with Crippen LogP contribution in [-0.2, 0) is 14.8 Å². The van der Waals surface area contributed by atoms with Gasteiger partial charge in [-0.05, 0) is 50.2 Å². The zero-order chi connectivity index (χ0) is 18.7. The second kappa shape index (κ2) is 7.30. The van der Waals surface area contributed by atoms with E-state index in [0.717, 1.165) is 17.0 Å². The Morgan fingerprint density at radius 2 is 1.96 bits per heavy atom. The Kier molecular flexibility index (Phi) is 5.10. The summed E-state index contributed by atoms with van der Waals surface area (Å²) in [6, 6.07) is 11.0. The van der Waals surface area contributed by atoms with Gasteiger partial charge in [-0.3, -0.25) is 4.72 Å². The van der Waals surface area contributed by atoms with Gasteiger partial charge in [0.1, 0.15) is 4.21 Å². The number of nitrogens with zero attached hydrogens (tertiary/aromatic N) is 1. The van der Waals surface area contributed by atoms with Gasteiger partial charge in [0.05, 0.1) is 22.7 Å². The van der Waals surface area contributed by atoms with E-state index >= 15 is 0 Å². The summed E-state index contributed by atoms with van der Waals surface area (Å²) in [5.74, 6) is 0.0693. The molecule has 7 nitrogen and oxygen atoms in total. The van der Waals surface area contributed by atoms with Crippen LogP contribution in [0.1, 0.15) is 23.0 Å². The van der Waals surface area contributed by atoms with Crippen molar-refractivity contribution in [1.82, 2.24) is 5.16 Å². The van der Waals surface area contributed by atoms with E-state index in [9.17, 15) is 13.2 Å². The fourth-order valence-corrected chi connectivity index (χ4v) is 4.48. The van der Waals surface area contributed by atoms with Crippen LogP contribution in [0.4, 0.5) is 5.69 Å². The van der Waals surface area contributed by atoms with Crippen molar-refractivity contribution in [2.45, 2.75) is 18.1 Å². The summed E-state index contributed by atoms with van der Waals surface area (Å²) in [5, 5.41) is 3.80. The summed E-state index contributed by atoms with van der Waals surface area (Å²) in [6.07, 6.45) is 0. The monoisotopic (exact) mass is 392 g/mol. The number of benzene rings is 1. The average molecular weight is 392 g/mol. The minimum absolute atomic E-state index is 0.149. The molecule has 2 heterocycles. The number of thiophene rings is 1. The maximum atomic E-state index is 12.5. The molecule has 3 aromatic rings. The van der Waals surface area contributed by atoms with Gasteiger partial charge >= 0.3 is 5.97 Å². The minimum atomic E-state index is -3.75. The third kappa shape index (κ3) is 3.94. The van der Waals surface area contributed by atoms with E-state index in [0.29, 0.717) is 21.9 Å². The third-order valence-corrected chi connectivity index (χ3v) is 6.34. The van der Waals surface area contributed by atoms with Gasteiger partial charge in [0, 0.05) is 11.8 Å². The lowest BCUT2D eigenvalue weighted by molar-refractivity contribution is 0.0526. The fraction of sp³-hybridized carbons (Fsp3) is 0.176. The predicted octanol–water partition coefficient (Wildman–Crippen LogP) is 3.69. The largest absolute Gasteiger partial charge is 0.462 e. The highest BCUT2D eigenvalue weighted by atomic mass is 32.2. The Morgan fingerprint density at radius 1 is 1.23 bits per heavy atom.